The van der Waals surface area contributed by atoms with Gasteiger partial charge in [0.05, 0.1) is 7.11 Å². The standard InChI is InChI=1S/C9H8.CH4O2/c1-3-9-6-4-8(2)5-7-9;1-3-2/h1,4-7H,2H3;2H,1H3. The summed E-state index contributed by atoms with van der Waals surface area (Å²) in [6.45, 7) is 2.04. The maximum atomic E-state index is 7.07. The average Bonchev–Trinajstić information content (AvgIpc) is 2.07. The molecule has 0 fully saturated rings. The van der Waals surface area contributed by atoms with E-state index in [1.54, 1.807) is 0 Å². The predicted octanol–water partition coefficient (Wildman–Crippen LogP) is 2.08. The average molecular weight is 164 g/mol. The lowest BCUT2D eigenvalue weighted by molar-refractivity contribution is -0.214. The molecule has 2 heteroatoms. The SMILES string of the molecule is C#Cc1ccc(C)cc1.COO. The van der Waals surface area contributed by atoms with E-state index in [4.69, 9.17) is 11.7 Å². The molecule has 0 saturated carbocycles. The van der Waals surface area contributed by atoms with Crippen LogP contribution < -0.4 is 0 Å². The quantitative estimate of drug-likeness (QED) is 0.361. The van der Waals surface area contributed by atoms with E-state index >= 15 is 0 Å². The third kappa shape index (κ3) is 4.51. The summed E-state index contributed by atoms with van der Waals surface area (Å²) in [5, 5.41) is 7.07. The van der Waals surface area contributed by atoms with Gasteiger partial charge in [-0.25, -0.2) is 4.89 Å². The van der Waals surface area contributed by atoms with Crippen molar-refractivity contribution in [3.8, 4) is 12.3 Å². The topological polar surface area (TPSA) is 29.5 Å². The summed E-state index contributed by atoms with van der Waals surface area (Å²) in [5.74, 6) is 2.55. The molecule has 1 rings (SSSR count). The maximum Gasteiger partial charge on any atom is 0.0710 e. The van der Waals surface area contributed by atoms with Crippen molar-refractivity contribution in [2.45, 2.75) is 6.92 Å². The molecule has 0 aliphatic heterocycles. The molecule has 0 aromatic heterocycles. The maximum absolute atomic E-state index is 7.07. The minimum atomic E-state index is 0.945. The zero-order valence-electron chi connectivity index (χ0n) is 7.24. The minimum Gasteiger partial charge on any atom is -0.252 e. The molecule has 2 nitrogen and oxygen atoms in total. The van der Waals surface area contributed by atoms with E-state index in [0.717, 1.165) is 5.56 Å². The highest BCUT2D eigenvalue weighted by molar-refractivity contribution is 5.33. The first-order valence-corrected chi connectivity index (χ1v) is 3.45. The number of rotatable bonds is 0. The number of benzene rings is 1. The van der Waals surface area contributed by atoms with E-state index in [1.165, 1.54) is 12.7 Å². The molecule has 0 aliphatic carbocycles. The van der Waals surface area contributed by atoms with Gasteiger partial charge < -0.3 is 0 Å². The summed E-state index contributed by atoms with van der Waals surface area (Å²) in [4.78, 5) is 3.25. The lowest BCUT2D eigenvalue weighted by atomic mass is 10.2. The normalized spacial score (nSPS) is 7.83. The van der Waals surface area contributed by atoms with Crippen LogP contribution in [0, 0.1) is 19.3 Å². The molecule has 0 heterocycles. The largest absolute Gasteiger partial charge is 0.252 e. The first-order chi connectivity index (χ1) is 5.74. The summed E-state index contributed by atoms with van der Waals surface area (Å²) in [7, 11) is 1.18. The Hall–Kier alpha value is -1.30. The van der Waals surface area contributed by atoms with Gasteiger partial charge in [-0.3, -0.25) is 5.26 Å². The van der Waals surface area contributed by atoms with E-state index in [-0.39, 0.29) is 0 Å². The van der Waals surface area contributed by atoms with Gasteiger partial charge in [0.2, 0.25) is 0 Å². The number of terminal acetylenes is 1. The smallest absolute Gasteiger partial charge is 0.0710 e. The fourth-order valence-electron chi connectivity index (χ4n) is 0.650. The van der Waals surface area contributed by atoms with Crippen molar-refractivity contribution in [3.05, 3.63) is 35.4 Å². The molecule has 0 amide bonds. The molecule has 0 bridgehead atoms. The second-order valence-corrected chi connectivity index (χ2v) is 2.19. The van der Waals surface area contributed by atoms with Crippen LogP contribution in [-0.4, -0.2) is 12.4 Å². The van der Waals surface area contributed by atoms with Crippen molar-refractivity contribution in [2.24, 2.45) is 0 Å². The molecule has 0 radical (unpaired) electrons. The van der Waals surface area contributed by atoms with Gasteiger partial charge in [0.15, 0.2) is 0 Å². The van der Waals surface area contributed by atoms with Crippen LogP contribution in [0.25, 0.3) is 0 Å². The highest BCUT2D eigenvalue weighted by Crippen LogP contribution is 1.99. The zero-order chi connectivity index (χ0) is 9.40. The van der Waals surface area contributed by atoms with Gasteiger partial charge in [-0.1, -0.05) is 23.6 Å². The van der Waals surface area contributed by atoms with E-state index in [9.17, 15) is 0 Å². The minimum absolute atomic E-state index is 0.945. The van der Waals surface area contributed by atoms with Crippen molar-refractivity contribution in [2.75, 3.05) is 7.11 Å². The molecular formula is C10H12O2. The first-order valence-electron chi connectivity index (χ1n) is 3.45. The van der Waals surface area contributed by atoms with Gasteiger partial charge >= 0.3 is 0 Å². The Kier molecular flexibility index (Phi) is 5.72. The van der Waals surface area contributed by atoms with E-state index in [1.807, 2.05) is 31.2 Å². The van der Waals surface area contributed by atoms with Crippen LogP contribution in [0.2, 0.25) is 0 Å². The lowest BCUT2D eigenvalue weighted by Crippen LogP contribution is -1.72. The third-order valence-electron chi connectivity index (χ3n) is 1.22. The van der Waals surface area contributed by atoms with Crippen LogP contribution in [-0.2, 0) is 4.89 Å². The molecule has 0 aliphatic rings. The van der Waals surface area contributed by atoms with Crippen LogP contribution in [0.5, 0.6) is 0 Å². The summed E-state index contributed by atoms with van der Waals surface area (Å²) in [6, 6.07) is 7.90. The zero-order valence-corrected chi connectivity index (χ0v) is 7.24. The van der Waals surface area contributed by atoms with Gasteiger partial charge in [-0.2, -0.15) is 0 Å². The first kappa shape index (κ1) is 10.7. The molecule has 0 atom stereocenters. The van der Waals surface area contributed by atoms with Crippen LogP contribution in [0.4, 0.5) is 0 Å². The molecule has 1 N–H and O–H groups in total. The number of aryl methyl sites for hydroxylation is 1. The van der Waals surface area contributed by atoms with E-state index < -0.39 is 0 Å². The highest BCUT2D eigenvalue weighted by Gasteiger charge is 1.82. The second-order valence-electron chi connectivity index (χ2n) is 2.19. The Labute approximate surface area is 72.7 Å². The fraction of sp³-hybridized carbons (Fsp3) is 0.200. The van der Waals surface area contributed by atoms with Crippen LogP contribution in [0.1, 0.15) is 11.1 Å². The van der Waals surface area contributed by atoms with Gasteiger partial charge in [0.1, 0.15) is 0 Å². The Morgan fingerprint density at radius 2 is 1.75 bits per heavy atom. The number of hydrogen-bond donors (Lipinski definition) is 1. The van der Waals surface area contributed by atoms with Gasteiger partial charge in [0.25, 0.3) is 0 Å². The monoisotopic (exact) mass is 164 g/mol. The van der Waals surface area contributed by atoms with E-state index in [0.29, 0.717) is 0 Å². The molecular weight excluding hydrogens is 152 g/mol. The van der Waals surface area contributed by atoms with E-state index in [2.05, 4.69) is 10.8 Å². The third-order valence-corrected chi connectivity index (χ3v) is 1.22. The summed E-state index contributed by atoms with van der Waals surface area (Å²) in [6.07, 6.45) is 5.15. The molecule has 12 heavy (non-hydrogen) atoms. The molecule has 1 aromatic carbocycles. The fourth-order valence-corrected chi connectivity index (χ4v) is 0.650. The highest BCUT2D eigenvalue weighted by atomic mass is 17.1. The predicted molar refractivity (Wildman–Crippen MR) is 48.8 cm³/mol. The van der Waals surface area contributed by atoms with Crippen LogP contribution in [0.15, 0.2) is 24.3 Å². The van der Waals surface area contributed by atoms with Crippen molar-refractivity contribution in [3.63, 3.8) is 0 Å². The van der Waals surface area contributed by atoms with Crippen LogP contribution in [0.3, 0.4) is 0 Å². The molecule has 0 unspecified atom stereocenters. The van der Waals surface area contributed by atoms with Crippen molar-refractivity contribution in [1.29, 1.82) is 0 Å². The Balaban J connectivity index is 0.000000354. The lowest BCUT2D eigenvalue weighted by Gasteiger charge is -1.89. The van der Waals surface area contributed by atoms with Gasteiger partial charge in [0, 0.05) is 5.56 Å². The van der Waals surface area contributed by atoms with Gasteiger partial charge in [-0.15, -0.1) is 6.42 Å². The molecule has 1 aromatic rings. The van der Waals surface area contributed by atoms with Crippen molar-refractivity contribution < 1.29 is 10.1 Å². The molecule has 64 valence electrons. The Morgan fingerprint density at radius 3 is 2.08 bits per heavy atom. The van der Waals surface area contributed by atoms with Crippen molar-refractivity contribution in [1.82, 2.24) is 0 Å². The summed E-state index contributed by atoms with van der Waals surface area (Å²) in [5.41, 5.74) is 2.19. The Bertz CT molecular complexity index is 244. The van der Waals surface area contributed by atoms with Gasteiger partial charge in [-0.05, 0) is 19.1 Å². The second kappa shape index (κ2) is 6.41. The van der Waals surface area contributed by atoms with Crippen molar-refractivity contribution >= 4 is 0 Å². The molecule has 0 spiro atoms. The Morgan fingerprint density at radius 1 is 1.33 bits per heavy atom. The summed E-state index contributed by atoms with van der Waals surface area (Å²) < 4.78 is 0. The molecule has 0 saturated heterocycles. The van der Waals surface area contributed by atoms with Crippen LogP contribution >= 0.6 is 0 Å². The number of hydrogen-bond acceptors (Lipinski definition) is 2. The summed E-state index contributed by atoms with van der Waals surface area (Å²) >= 11 is 0.